The summed E-state index contributed by atoms with van der Waals surface area (Å²) < 4.78 is 0. The first-order valence-corrected chi connectivity index (χ1v) is 8.51. The van der Waals surface area contributed by atoms with E-state index in [4.69, 9.17) is 0 Å². The third-order valence-corrected chi connectivity index (χ3v) is 3.72. The molecule has 0 aliphatic heterocycles. The largest absolute Gasteiger partial charge is 0.0883 e. The first-order valence-electron chi connectivity index (χ1n) is 8.51. The minimum atomic E-state index is 0.859. The molecule has 0 spiro atoms. The first-order chi connectivity index (χ1) is 8.85. The number of hydrogen-bond acceptors (Lipinski definition) is 0. The van der Waals surface area contributed by atoms with E-state index in [1.807, 2.05) is 0 Å². The van der Waals surface area contributed by atoms with Gasteiger partial charge < -0.3 is 0 Å². The average Bonchev–Trinajstić information content (AvgIpc) is 2.38. The van der Waals surface area contributed by atoms with Gasteiger partial charge in [0.2, 0.25) is 0 Å². The van der Waals surface area contributed by atoms with Gasteiger partial charge in [-0.15, -0.1) is 0 Å². The van der Waals surface area contributed by atoms with Gasteiger partial charge in [0.15, 0.2) is 0 Å². The summed E-state index contributed by atoms with van der Waals surface area (Å²) in [6.45, 7) is 6.88. The van der Waals surface area contributed by atoms with Crippen LogP contribution in [0.15, 0.2) is 12.2 Å². The summed E-state index contributed by atoms with van der Waals surface area (Å²) in [5.41, 5.74) is 0. The third kappa shape index (κ3) is 12.2. The lowest BCUT2D eigenvalue weighted by molar-refractivity contribution is 0.491. The van der Waals surface area contributed by atoms with Gasteiger partial charge in [-0.1, -0.05) is 84.3 Å². The molecule has 0 saturated carbocycles. The van der Waals surface area contributed by atoms with Crippen molar-refractivity contribution < 1.29 is 0 Å². The topological polar surface area (TPSA) is 0 Å². The summed E-state index contributed by atoms with van der Waals surface area (Å²) in [7, 11) is 0. The lowest BCUT2D eigenvalue weighted by Crippen LogP contribution is -1.96. The molecular weight excluding hydrogens is 216 g/mol. The summed E-state index contributed by atoms with van der Waals surface area (Å²) in [6, 6.07) is 0. The molecule has 0 bridgehead atoms. The Kier molecular flexibility index (Phi) is 14.6. The van der Waals surface area contributed by atoms with Gasteiger partial charge in [-0.2, -0.15) is 0 Å². The van der Waals surface area contributed by atoms with Crippen LogP contribution < -0.4 is 0 Å². The van der Waals surface area contributed by atoms with E-state index >= 15 is 0 Å². The molecule has 0 saturated heterocycles. The van der Waals surface area contributed by atoms with Crippen molar-refractivity contribution in [3.05, 3.63) is 12.2 Å². The fraction of sp³-hybridized carbons (Fsp3) is 0.889. The van der Waals surface area contributed by atoms with E-state index in [9.17, 15) is 0 Å². The maximum absolute atomic E-state index is 2.51. The van der Waals surface area contributed by atoms with E-state index < -0.39 is 0 Å². The molecule has 0 aromatic heterocycles. The quantitative estimate of drug-likeness (QED) is 0.247. The number of rotatable bonds is 13. The van der Waals surface area contributed by atoms with Crippen LogP contribution in [-0.4, -0.2) is 0 Å². The average molecular weight is 252 g/mol. The molecule has 0 nitrogen and oxygen atoms in total. The third-order valence-electron chi connectivity index (χ3n) is 3.72. The Morgan fingerprint density at radius 1 is 0.667 bits per heavy atom. The molecule has 0 aromatic carbocycles. The lowest BCUT2D eigenvalue weighted by Gasteiger charge is -2.11. The molecule has 0 heteroatoms. The van der Waals surface area contributed by atoms with Crippen LogP contribution in [0.2, 0.25) is 0 Å². The number of hydrogen-bond donors (Lipinski definition) is 0. The van der Waals surface area contributed by atoms with Gasteiger partial charge in [-0.25, -0.2) is 0 Å². The predicted molar refractivity (Wildman–Crippen MR) is 85.1 cm³/mol. The van der Waals surface area contributed by atoms with Crippen LogP contribution in [0.25, 0.3) is 0 Å². The van der Waals surface area contributed by atoms with Gasteiger partial charge in [0.05, 0.1) is 0 Å². The Labute approximate surface area is 116 Å². The van der Waals surface area contributed by atoms with Gasteiger partial charge in [0.1, 0.15) is 0 Å². The smallest absolute Gasteiger partial charge is 0.0234 e. The Hall–Kier alpha value is -0.260. The molecule has 0 aliphatic carbocycles. The lowest BCUT2D eigenvalue weighted by atomic mass is 9.95. The minimum Gasteiger partial charge on any atom is -0.0883 e. The second kappa shape index (κ2) is 14.8. The summed E-state index contributed by atoms with van der Waals surface area (Å²) in [5, 5.41) is 0. The molecule has 0 radical (unpaired) electrons. The Bertz CT molecular complexity index is 169. The van der Waals surface area contributed by atoms with Gasteiger partial charge in [0, 0.05) is 0 Å². The van der Waals surface area contributed by atoms with Crippen LogP contribution in [0.5, 0.6) is 0 Å². The molecule has 0 rings (SSSR count). The highest BCUT2D eigenvalue weighted by Gasteiger charge is 2.02. The van der Waals surface area contributed by atoms with E-state index in [0.29, 0.717) is 0 Å². The zero-order chi connectivity index (χ0) is 13.5. The summed E-state index contributed by atoms with van der Waals surface area (Å²) in [4.78, 5) is 0. The molecule has 0 aromatic rings. The molecule has 0 fully saturated rings. The Balaban J connectivity index is 3.63. The Morgan fingerprint density at radius 2 is 1.33 bits per heavy atom. The normalized spacial score (nSPS) is 13.3. The van der Waals surface area contributed by atoms with Crippen LogP contribution in [0, 0.1) is 5.92 Å². The van der Waals surface area contributed by atoms with Crippen molar-refractivity contribution in [3.8, 4) is 0 Å². The van der Waals surface area contributed by atoms with Crippen molar-refractivity contribution in [1.82, 2.24) is 0 Å². The van der Waals surface area contributed by atoms with Gasteiger partial charge in [-0.05, 0) is 31.6 Å². The highest BCUT2D eigenvalue weighted by molar-refractivity contribution is 4.88. The van der Waals surface area contributed by atoms with Crippen LogP contribution in [0.1, 0.15) is 97.8 Å². The summed E-state index contributed by atoms with van der Waals surface area (Å²) >= 11 is 0. The molecule has 0 aliphatic rings. The molecular formula is C18H36. The fourth-order valence-electron chi connectivity index (χ4n) is 2.52. The molecule has 1 unspecified atom stereocenters. The van der Waals surface area contributed by atoms with E-state index in [1.54, 1.807) is 0 Å². The van der Waals surface area contributed by atoms with Gasteiger partial charge >= 0.3 is 0 Å². The van der Waals surface area contributed by atoms with Crippen molar-refractivity contribution in [2.24, 2.45) is 5.92 Å². The monoisotopic (exact) mass is 252 g/mol. The molecule has 1 atom stereocenters. The van der Waals surface area contributed by atoms with Crippen LogP contribution in [0.4, 0.5) is 0 Å². The zero-order valence-corrected chi connectivity index (χ0v) is 13.2. The molecule has 0 N–H and O–H groups in total. The summed E-state index contributed by atoms with van der Waals surface area (Å²) in [5.74, 6) is 0.859. The molecule has 0 heterocycles. The van der Waals surface area contributed by atoms with Crippen molar-refractivity contribution in [3.63, 3.8) is 0 Å². The maximum atomic E-state index is 2.51. The van der Waals surface area contributed by atoms with Gasteiger partial charge in [-0.3, -0.25) is 0 Å². The van der Waals surface area contributed by atoms with E-state index in [2.05, 4.69) is 32.9 Å². The van der Waals surface area contributed by atoms with E-state index in [1.165, 1.54) is 77.0 Å². The van der Waals surface area contributed by atoms with E-state index in [0.717, 1.165) is 5.92 Å². The van der Waals surface area contributed by atoms with Crippen molar-refractivity contribution in [2.75, 3.05) is 0 Å². The zero-order valence-electron chi connectivity index (χ0n) is 13.2. The van der Waals surface area contributed by atoms with Crippen LogP contribution >= 0.6 is 0 Å². The number of unbranched alkanes of at least 4 members (excludes halogenated alkanes) is 7. The number of allylic oxidation sites excluding steroid dienone is 2. The van der Waals surface area contributed by atoms with Crippen LogP contribution in [-0.2, 0) is 0 Å². The first kappa shape index (κ1) is 17.7. The standard InChI is InChI=1S/C18H36/c1-4-7-9-11-13-16-18(15-6-3)17-14-12-10-8-5-2/h13,16,18H,4-12,14-15,17H2,1-3H3/b16-13+. The van der Waals surface area contributed by atoms with Gasteiger partial charge in [0.25, 0.3) is 0 Å². The SMILES string of the molecule is CCCCC/C=C/C(CCC)CCCCCCC. The fourth-order valence-corrected chi connectivity index (χ4v) is 2.52. The minimum absolute atomic E-state index is 0.859. The Morgan fingerprint density at radius 3 is 2.00 bits per heavy atom. The predicted octanol–water partition coefficient (Wildman–Crippen LogP) is 6.90. The molecule has 18 heavy (non-hydrogen) atoms. The highest BCUT2D eigenvalue weighted by atomic mass is 14.1. The van der Waals surface area contributed by atoms with E-state index in [-0.39, 0.29) is 0 Å². The molecule has 108 valence electrons. The van der Waals surface area contributed by atoms with Crippen molar-refractivity contribution in [2.45, 2.75) is 97.8 Å². The van der Waals surface area contributed by atoms with Crippen LogP contribution in [0.3, 0.4) is 0 Å². The molecule has 0 amide bonds. The second-order valence-corrected chi connectivity index (χ2v) is 5.68. The van der Waals surface area contributed by atoms with Crippen molar-refractivity contribution in [1.29, 1.82) is 0 Å². The van der Waals surface area contributed by atoms with Crippen molar-refractivity contribution >= 4 is 0 Å². The highest BCUT2D eigenvalue weighted by Crippen LogP contribution is 2.18. The maximum Gasteiger partial charge on any atom is -0.0234 e. The second-order valence-electron chi connectivity index (χ2n) is 5.68. The summed E-state index contributed by atoms with van der Waals surface area (Å²) in [6.07, 6.45) is 21.6.